The van der Waals surface area contributed by atoms with Gasteiger partial charge in [-0.3, -0.25) is 4.79 Å². The number of ether oxygens (including phenoxy) is 2. The Balaban J connectivity index is 1.22. The van der Waals surface area contributed by atoms with Crippen molar-refractivity contribution in [3.05, 3.63) is 103 Å². The highest BCUT2D eigenvalue weighted by molar-refractivity contribution is 5.98. The Labute approximate surface area is 237 Å². The van der Waals surface area contributed by atoms with Crippen LogP contribution in [-0.2, 0) is 11.4 Å². The SMILES string of the molecule is Nc1ncnc2c1c(-c1ccc(Oc3cccc(OCc4ccccc4)c3)cc1)nn2[C@@H]1CCCN(/C=C/C=O)C1. The van der Waals surface area contributed by atoms with Crippen LogP contribution in [-0.4, -0.2) is 44.0 Å². The third kappa shape index (κ3) is 5.89. The molecule has 6 rings (SSSR count). The highest BCUT2D eigenvalue weighted by atomic mass is 16.5. The molecular weight excluding hydrogens is 516 g/mol. The van der Waals surface area contributed by atoms with Gasteiger partial charge >= 0.3 is 0 Å². The summed E-state index contributed by atoms with van der Waals surface area (Å²) in [7, 11) is 0. The van der Waals surface area contributed by atoms with E-state index in [0.717, 1.165) is 60.2 Å². The van der Waals surface area contributed by atoms with Crippen molar-refractivity contribution in [3.63, 3.8) is 0 Å². The minimum atomic E-state index is 0.0876. The molecule has 0 amide bonds. The predicted octanol–water partition coefficient (Wildman–Crippen LogP) is 5.80. The number of hydrogen-bond acceptors (Lipinski definition) is 8. The zero-order valence-corrected chi connectivity index (χ0v) is 22.5. The van der Waals surface area contributed by atoms with Gasteiger partial charge in [-0.25, -0.2) is 14.6 Å². The Kier molecular flexibility index (Phi) is 7.57. The number of anilines is 1. The van der Waals surface area contributed by atoms with Gasteiger partial charge < -0.3 is 20.1 Å². The van der Waals surface area contributed by atoms with Crippen molar-refractivity contribution in [2.45, 2.75) is 25.5 Å². The average molecular weight is 547 g/mol. The second-order valence-electron chi connectivity index (χ2n) is 9.89. The number of carbonyl (C=O) groups excluding carboxylic acids is 1. The van der Waals surface area contributed by atoms with Gasteiger partial charge in [0.05, 0.1) is 11.4 Å². The molecule has 0 radical (unpaired) electrons. The number of benzene rings is 3. The Morgan fingerprint density at radius 3 is 2.61 bits per heavy atom. The summed E-state index contributed by atoms with van der Waals surface area (Å²) in [6.07, 6.45) is 7.55. The molecule has 2 aromatic heterocycles. The topological polar surface area (TPSA) is 108 Å². The quantitative estimate of drug-likeness (QED) is 0.183. The number of nitrogens with zero attached hydrogens (tertiary/aromatic N) is 5. The van der Waals surface area contributed by atoms with Crippen molar-refractivity contribution >= 4 is 23.1 Å². The van der Waals surface area contributed by atoms with Gasteiger partial charge in [-0.1, -0.05) is 36.4 Å². The minimum Gasteiger partial charge on any atom is -0.489 e. The average Bonchev–Trinajstić information content (AvgIpc) is 3.41. The van der Waals surface area contributed by atoms with E-state index < -0.39 is 0 Å². The van der Waals surface area contributed by atoms with Gasteiger partial charge in [0.2, 0.25) is 0 Å². The molecule has 1 aliphatic rings. The van der Waals surface area contributed by atoms with Gasteiger partial charge in [0, 0.05) is 30.9 Å². The number of allylic oxidation sites excluding steroid dienone is 1. The fourth-order valence-electron chi connectivity index (χ4n) is 5.11. The summed E-state index contributed by atoms with van der Waals surface area (Å²) in [5.74, 6) is 2.49. The normalized spacial score (nSPS) is 15.3. The molecule has 0 aliphatic carbocycles. The lowest BCUT2D eigenvalue weighted by molar-refractivity contribution is -0.104. The van der Waals surface area contributed by atoms with Gasteiger partial charge in [-0.15, -0.1) is 0 Å². The van der Waals surface area contributed by atoms with E-state index >= 15 is 0 Å². The molecule has 0 unspecified atom stereocenters. The summed E-state index contributed by atoms with van der Waals surface area (Å²) in [6.45, 7) is 2.11. The maximum absolute atomic E-state index is 10.8. The number of piperidine rings is 1. The smallest absolute Gasteiger partial charge is 0.164 e. The van der Waals surface area contributed by atoms with Gasteiger partial charge in [0.25, 0.3) is 0 Å². The predicted molar refractivity (Wildman–Crippen MR) is 158 cm³/mol. The highest BCUT2D eigenvalue weighted by Crippen LogP contribution is 2.35. The first-order chi connectivity index (χ1) is 20.2. The van der Waals surface area contributed by atoms with Gasteiger partial charge in [0.1, 0.15) is 48.0 Å². The summed E-state index contributed by atoms with van der Waals surface area (Å²) < 4.78 is 14.0. The van der Waals surface area contributed by atoms with Crippen molar-refractivity contribution in [3.8, 4) is 28.5 Å². The number of hydrogen-bond donors (Lipinski definition) is 1. The van der Waals surface area contributed by atoms with E-state index in [-0.39, 0.29) is 6.04 Å². The highest BCUT2D eigenvalue weighted by Gasteiger charge is 2.25. The second kappa shape index (κ2) is 11.9. The van der Waals surface area contributed by atoms with Crippen molar-refractivity contribution in [2.24, 2.45) is 0 Å². The van der Waals surface area contributed by atoms with Crippen LogP contribution in [0.25, 0.3) is 22.3 Å². The number of nitrogen functional groups attached to an aromatic ring is 1. The van der Waals surface area contributed by atoms with E-state index in [2.05, 4.69) is 14.9 Å². The molecule has 1 saturated heterocycles. The van der Waals surface area contributed by atoms with Crippen LogP contribution < -0.4 is 15.2 Å². The van der Waals surface area contributed by atoms with E-state index in [9.17, 15) is 4.79 Å². The molecule has 3 heterocycles. The third-order valence-corrected chi connectivity index (χ3v) is 7.08. The molecule has 9 nitrogen and oxygen atoms in total. The molecule has 1 aliphatic heterocycles. The Morgan fingerprint density at radius 2 is 1.78 bits per heavy atom. The van der Waals surface area contributed by atoms with Crippen LogP contribution in [0.3, 0.4) is 0 Å². The van der Waals surface area contributed by atoms with Crippen LogP contribution >= 0.6 is 0 Å². The van der Waals surface area contributed by atoms with Crippen LogP contribution in [0.1, 0.15) is 24.4 Å². The van der Waals surface area contributed by atoms with Crippen LogP contribution in [0.4, 0.5) is 5.82 Å². The van der Waals surface area contributed by atoms with E-state index in [1.54, 1.807) is 0 Å². The number of aromatic nitrogens is 4. The molecule has 41 heavy (non-hydrogen) atoms. The monoisotopic (exact) mass is 546 g/mol. The lowest BCUT2D eigenvalue weighted by Gasteiger charge is -2.31. The Bertz CT molecular complexity index is 1670. The zero-order valence-electron chi connectivity index (χ0n) is 22.5. The molecule has 206 valence electrons. The van der Waals surface area contributed by atoms with E-state index in [0.29, 0.717) is 29.6 Å². The Hall–Kier alpha value is -5.18. The molecule has 5 aromatic rings. The first-order valence-corrected chi connectivity index (χ1v) is 13.6. The number of rotatable bonds is 9. The van der Waals surface area contributed by atoms with Crippen molar-refractivity contribution in [1.82, 2.24) is 24.6 Å². The molecule has 9 heteroatoms. The number of fused-ring (bicyclic) bond motifs is 1. The molecule has 2 N–H and O–H groups in total. The van der Waals surface area contributed by atoms with Crippen molar-refractivity contribution in [1.29, 1.82) is 0 Å². The number of likely N-dealkylation sites (tertiary alicyclic amines) is 1. The summed E-state index contributed by atoms with van der Waals surface area (Å²) in [5.41, 5.74) is 9.75. The molecule has 1 atom stereocenters. The fraction of sp³-hybridized carbons (Fsp3) is 0.188. The van der Waals surface area contributed by atoms with Crippen LogP contribution in [0.5, 0.6) is 17.2 Å². The summed E-state index contributed by atoms with van der Waals surface area (Å²) in [6, 6.07) is 25.5. The Morgan fingerprint density at radius 1 is 0.951 bits per heavy atom. The fourth-order valence-corrected chi connectivity index (χ4v) is 5.11. The molecule has 0 saturated carbocycles. The third-order valence-electron chi connectivity index (χ3n) is 7.08. The maximum Gasteiger partial charge on any atom is 0.164 e. The van der Waals surface area contributed by atoms with Gasteiger partial charge in [0.15, 0.2) is 5.65 Å². The summed E-state index contributed by atoms with van der Waals surface area (Å²) in [5, 5.41) is 5.71. The van der Waals surface area contributed by atoms with Crippen molar-refractivity contribution in [2.75, 3.05) is 18.8 Å². The number of nitrogens with two attached hydrogens (primary N) is 1. The lowest BCUT2D eigenvalue weighted by atomic mass is 10.1. The van der Waals surface area contributed by atoms with Crippen LogP contribution in [0.2, 0.25) is 0 Å². The summed E-state index contributed by atoms with van der Waals surface area (Å²) >= 11 is 0. The first kappa shape index (κ1) is 26.1. The zero-order chi connectivity index (χ0) is 28.0. The van der Waals surface area contributed by atoms with Gasteiger partial charge in [-0.2, -0.15) is 5.10 Å². The standard InChI is InChI=1S/C32H30N6O3/c33-31-29-30(36-38(32(29)35-22-34-31)25-9-5-16-37(20-25)17-6-18-39)24-12-14-26(15-13-24)41-28-11-4-10-27(19-28)40-21-23-7-2-1-3-8-23/h1-4,6-8,10-15,17-19,22,25H,5,9,16,20-21H2,(H2,33,34,35)/b17-6+/t25-/m1/s1. The minimum absolute atomic E-state index is 0.0876. The van der Waals surface area contributed by atoms with Gasteiger partial charge in [-0.05, 0) is 60.9 Å². The maximum atomic E-state index is 10.8. The second-order valence-corrected chi connectivity index (χ2v) is 9.89. The van der Waals surface area contributed by atoms with E-state index in [1.807, 2.05) is 89.7 Å². The molecule has 1 fully saturated rings. The number of carbonyl (C=O) groups is 1. The van der Waals surface area contributed by atoms with Crippen molar-refractivity contribution < 1.29 is 14.3 Å². The molecule has 0 bridgehead atoms. The van der Waals surface area contributed by atoms with Crippen LogP contribution in [0.15, 0.2) is 97.5 Å². The van der Waals surface area contributed by atoms with E-state index in [1.165, 1.54) is 12.4 Å². The largest absolute Gasteiger partial charge is 0.489 e. The van der Waals surface area contributed by atoms with E-state index in [4.69, 9.17) is 20.3 Å². The van der Waals surface area contributed by atoms with Crippen LogP contribution in [0, 0.1) is 0 Å². The molecular formula is C32H30N6O3. The molecule has 0 spiro atoms. The lowest BCUT2D eigenvalue weighted by Crippen LogP contribution is -2.33. The molecule has 3 aromatic carbocycles. The summed E-state index contributed by atoms with van der Waals surface area (Å²) in [4.78, 5) is 21.7. The first-order valence-electron chi connectivity index (χ1n) is 13.6. The number of aldehydes is 1.